The molecule has 1 amide bonds. The van der Waals surface area contributed by atoms with E-state index in [1.54, 1.807) is 40.4 Å². The van der Waals surface area contributed by atoms with Crippen molar-refractivity contribution in [1.82, 2.24) is 13.9 Å². The minimum Gasteiger partial charge on any atom is -0.497 e. The van der Waals surface area contributed by atoms with Crippen molar-refractivity contribution in [3.8, 4) is 5.75 Å². The second kappa shape index (κ2) is 8.91. The maximum Gasteiger partial charge on any atom is 0.262 e. The standard InChI is InChI=1S/C23H23Cl2N3O3/c1-15-19(14-22(29)26-9-11-27(25)12-10-26)20-13-18(31-2)7-8-21(20)28(15)23(30)16-3-5-17(24)6-4-16/h3-8,13H,9-12,14H2,1-2H3. The van der Waals surface area contributed by atoms with Crippen LogP contribution in [-0.2, 0) is 11.2 Å². The number of ether oxygens (including phenoxy) is 1. The van der Waals surface area contributed by atoms with Crippen molar-refractivity contribution in [1.29, 1.82) is 0 Å². The van der Waals surface area contributed by atoms with E-state index in [4.69, 9.17) is 28.1 Å². The first-order valence-electron chi connectivity index (χ1n) is 10.1. The van der Waals surface area contributed by atoms with Crippen molar-refractivity contribution in [3.63, 3.8) is 0 Å². The number of methoxy groups -OCH3 is 1. The number of carbonyl (C=O) groups is 2. The van der Waals surface area contributed by atoms with Gasteiger partial charge in [-0.05, 0) is 66.7 Å². The lowest BCUT2D eigenvalue weighted by molar-refractivity contribution is -0.131. The number of hydrogen-bond donors (Lipinski definition) is 0. The first-order valence-corrected chi connectivity index (χ1v) is 10.8. The van der Waals surface area contributed by atoms with Crippen LogP contribution in [0.25, 0.3) is 10.9 Å². The minimum atomic E-state index is -0.168. The number of halogens is 2. The Labute approximate surface area is 191 Å². The molecule has 0 radical (unpaired) electrons. The summed E-state index contributed by atoms with van der Waals surface area (Å²) >= 11 is 12.0. The number of aromatic nitrogens is 1. The van der Waals surface area contributed by atoms with Crippen LogP contribution in [0.1, 0.15) is 21.6 Å². The lowest BCUT2D eigenvalue weighted by Gasteiger charge is -2.30. The van der Waals surface area contributed by atoms with Crippen LogP contribution in [0.2, 0.25) is 5.02 Å². The van der Waals surface area contributed by atoms with Crippen LogP contribution >= 0.6 is 23.4 Å². The molecule has 0 N–H and O–H groups in total. The highest BCUT2D eigenvalue weighted by Gasteiger charge is 2.25. The molecule has 0 atom stereocenters. The largest absolute Gasteiger partial charge is 0.497 e. The summed E-state index contributed by atoms with van der Waals surface area (Å²) in [6, 6.07) is 12.4. The smallest absolute Gasteiger partial charge is 0.262 e. The van der Waals surface area contributed by atoms with E-state index in [1.807, 2.05) is 30.0 Å². The van der Waals surface area contributed by atoms with Gasteiger partial charge in [0.25, 0.3) is 5.91 Å². The van der Waals surface area contributed by atoms with Crippen LogP contribution in [0.3, 0.4) is 0 Å². The topological polar surface area (TPSA) is 54.8 Å². The van der Waals surface area contributed by atoms with Crippen molar-refractivity contribution < 1.29 is 14.3 Å². The molecule has 0 bridgehead atoms. The van der Waals surface area contributed by atoms with E-state index in [1.165, 1.54) is 0 Å². The van der Waals surface area contributed by atoms with Crippen molar-refractivity contribution in [2.24, 2.45) is 0 Å². The summed E-state index contributed by atoms with van der Waals surface area (Å²) in [5.41, 5.74) is 2.84. The number of carbonyl (C=O) groups excluding carboxylic acids is 2. The molecule has 0 aliphatic carbocycles. The van der Waals surface area contributed by atoms with Crippen LogP contribution < -0.4 is 4.74 Å². The molecular weight excluding hydrogens is 437 g/mol. The van der Waals surface area contributed by atoms with E-state index >= 15 is 0 Å². The summed E-state index contributed by atoms with van der Waals surface area (Å²) in [7, 11) is 1.60. The third-order valence-corrected chi connectivity index (χ3v) is 6.33. The lowest BCUT2D eigenvalue weighted by atomic mass is 10.1. The SMILES string of the molecule is COc1ccc2c(c1)c(CC(=O)N1CCN(Cl)CC1)c(C)n2C(=O)c1ccc(Cl)cc1. The minimum absolute atomic E-state index is 0.0219. The Bertz CT molecular complexity index is 1130. The number of fused-ring (bicyclic) bond motifs is 1. The molecule has 0 unspecified atom stereocenters. The Hall–Kier alpha value is -2.54. The molecule has 1 aliphatic heterocycles. The summed E-state index contributed by atoms with van der Waals surface area (Å²) in [5.74, 6) is 0.528. The van der Waals surface area contributed by atoms with Gasteiger partial charge in [0.05, 0.1) is 19.0 Å². The molecule has 4 rings (SSSR count). The molecule has 1 aromatic heterocycles. The molecule has 2 heterocycles. The lowest BCUT2D eigenvalue weighted by Crippen LogP contribution is -2.46. The number of piperazine rings is 1. The molecule has 31 heavy (non-hydrogen) atoms. The maximum atomic E-state index is 13.4. The number of hydrogen-bond acceptors (Lipinski definition) is 4. The third-order valence-electron chi connectivity index (χ3n) is 5.74. The van der Waals surface area contributed by atoms with E-state index in [-0.39, 0.29) is 18.2 Å². The van der Waals surface area contributed by atoms with Gasteiger partial charge < -0.3 is 9.64 Å². The maximum absolute atomic E-state index is 13.4. The van der Waals surface area contributed by atoms with Crippen LogP contribution in [0.5, 0.6) is 5.75 Å². The van der Waals surface area contributed by atoms with E-state index in [9.17, 15) is 9.59 Å². The van der Waals surface area contributed by atoms with Crippen LogP contribution in [-0.4, -0.2) is 59.0 Å². The predicted molar refractivity (Wildman–Crippen MR) is 122 cm³/mol. The Kier molecular flexibility index (Phi) is 6.23. The molecule has 1 aliphatic rings. The van der Waals surface area contributed by atoms with Crippen LogP contribution in [0, 0.1) is 6.92 Å². The molecule has 1 fully saturated rings. The van der Waals surface area contributed by atoms with E-state index in [2.05, 4.69) is 0 Å². The Morgan fingerprint density at radius 2 is 1.71 bits per heavy atom. The molecule has 6 nitrogen and oxygen atoms in total. The monoisotopic (exact) mass is 459 g/mol. The highest BCUT2D eigenvalue weighted by atomic mass is 35.5. The van der Waals surface area contributed by atoms with E-state index < -0.39 is 0 Å². The Morgan fingerprint density at radius 1 is 1.03 bits per heavy atom. The fourth-order valence-corrected chi connectivity index (χ4v) is 4.27. The van der Waals surface area contributed by atoms with Gasteiger partial charge in [0.1, 0.15) is 5.75 Å². The summed E-state index contributed by atoms with van der Waals surface area (Å²) < 4.78 is 8.75. The Balaban J connectivity index is 1.75. The quantitative estimate of drug-likeness (QED) is 0.550. The second-order valence-corrected chi connectivity index (χ2v) is 8.48. The zero-order valence-electron chi connectivity index (χ0n) is 17.4. The number of nitrogens with zero attached hydrogens (tertiary/aromatic N) is 3. The van der Waals surface area contributed by atoms with Gasteiger partial charge in [0, 0.05) is 47.8 Å². The van der Waals surface area contributed by atoms with Crippen molar-refractivity contribution >= 4 is 46.1 Å². The van der Waals surface area contributed by atoms with Gasteiger partial charge in [0.15, 0.2) is 0 Å². The fraction of sp³-hybridized carbons (Fsp3) is 0.304. The van der Waals surface area contributed by atoms with Gasteiger partial charge in [-0.25, -0.2) is 4.42 Å². The highest BCUT2D eigenvalue weighted by Crippen LogP contribution is 2.31. The molecule has 162 valence electrons. The molecule has 0 spiro atoms. The van der Waals surface area contributed by atoms with Crippen molar-refractivity contribution in [3.05, 3.63) is 64.3 Å². The molecule has 1 saturated heterocycles. The average molecular weight is 460 g/mol. The summed E-state index contributed by atoms with van der Waals surface area (Å²) in [5, 5.41) is 1.40. The van der Waals surface area contributed by atoms with E-state index in [0.29, 0.717) is 42.5 Å². The zero-order chi connectivity index (χ0) is 22.1. The first-order chi connectivity index (χ1) is 14.9. The van der Waals surface area contributed by atoms with Gasteiger partial charge in [-0.3, -0.25) is 14.2 Å². The zero-order valence-corrected chi connectivity index (χ0v) is 18.9. The van der Waals surface area contributed by atoms with Gasteiger partial charge in [-0.1, -0.05) is 11.6 Å². The number of amides is 1. The molecule has 8 heteroatoms. The summed E-state index contributed by atoms with van der Waals surface area (Å²) in [6.07, 6.45) is 0.207. The Morgan fingerprint density at radius 3 is 2.35 bits per heavy atom. The van der Waals surface area contributed by atoms with Gasteiger partial charge in [-0.2, -0.15) is 0 Å². The highest BCUT2D eigenvalue weighted by molar-refractivity contribution is 6.30. The van der Waals surface area contributed by atoms with Crippen molar-refractivity contribution in [2.45, 2.75) is 13.3 Å². The van der Waals surface area contributed by atoms with Crippen LogP contribution in [0.15, 0.2) is 42.5 Å². The summed E-state index contributed by atoms with van der Waals surface area (Å²) in [4.78, 5) is 28.2. The van der Waals surface area contributed by atoms with Crippen LogP contribution in [0.4, 0.5) is 0 Å². The summed E-state index contributed by atoms with van der Waals surface area (Å²) in [6.45, 7) is 4.33. The van der Waals surface area contributed by atoms with Gasteiger partial charge in [-0.15, -0.1) is 0 Å². The predicted octanol–water partition coefficient (Wildman–Crippen LogP) is 4.14. The fourth-order valence-electron chi connectivity index (χ4n) is 3.99. The normalized spacial score (nSPS) is 14.8. The van der Waals surface area contributed by atoms with Crippen molar-refractivity contribution in [2.75, 3.05) is 33.3 Å². The number of rotatable bonds is 4. The number of benzene rings is 2. The molecule has 3 aromatic rings. The first kappa shape index (κ1) is 21.7. The molecule has 0 saturated carbocycles. The van der Waals surface area contributed by atoms with Gasteiger partial charge >= 0.3 is 0 Å². The molecular formula is C23H23Cl2N3O3. The van der Waals surface area contributed by atoms with E-state index in [0.717, 1.165) is 22.2 Å². The van der Waals surface area contributed by atoms with Gasteiger partial charge in [0.2, 0.25) is 5.91 Å². The third kappa shape index (κ3) is 4.28. The second-order valence-electron chi connectivity index (χ2n) is 7.56. The average Bonchev–Trinajstić information content (AvgIpc) is 3.04. The molecule has 2 aromatic carbocycles.